The van der Waals surface area contributed by atoms with Crippen LogP contribution < -0.4 is 5.32 Å². The average molecular weight is 350 g/mol. The Morgan fingerprint density at radius 2 is 1.54 bits per heavy atom. The number of imidazole rings is 1. The second-order valence-corrected chi connectivity index (χ2v) is 8.98. The van der Waals surface area contributed by atoms with Gasteiger partial charge in [0.2, 0.25) is 5.95 Å². The van der Waals surface area contributed by atoms with Gasteiger partial charge in [-0.1, -0.05) is 53.7 Å². The van der Waals surface area contributed by atoms with Crippen LogP contribution in [-0.4, -0.2) is 9.97 Å². The Bertz CT molecular complexity index is 858. The highest BCUT2D eigenvalue weighted by atomic mass is 16.3. The summed E-state index contributed by atoms with van der Waals surface area (Å²) in [5.41, 5.74) is 4.41. The number of nitrogens with zero attached hydrogens (tertiary/aromatic N) is 1. The monoisotopic (exact) mass is 350 g/mol. The molecule has 0 unspecified atom stereocenters. The Morgan fingerprint density at radius 3 is 2.08 bits per heavy atom. The fraction of sp³-hybridized carbons (Fsp3) is 0.409. The minimum Gasteiger partial charge on any atom is -0.352 e. The predicted molar refractivity (Wildman–Crippen MR) is 107 cm³/mol. The van der Waals surface area contributed by atoms with Gasteiger partial charge in [0.05, 0.1) is 11.0 Å². The van der Waals surface area contributed by atoms with E-state index in [1.165, 1.54) is 0 Å². The van der Waals surface area contributed by atoms with Gasteiger partial charge < -0.3 is 10.3 Å². The van der Waals surface area contributed by atoms with E-state index in [-0.39, 0.29) is 16.6 Å². The highest BCUT2D eigenvalue weighted by Crippen LogP contribution is 2.40. The van der Waals surface area contributed by atoms with Gasteiger partial charge in [-0.2, -0.15) is 0 Å². The van der Waals surface area contributed by atoms with E-state index in [0.717, 1.165) is 33.7 Å². The molecule has 0 aliphatic carbocycles. The van der Waals surface area contributed by atoms with Gasteiger partial charge in [0.25, 0.3) is 0 Å². The Labute approximate surface area is 155 Å². The lowest BCUT2D eigenvalue weighted by atomic mass is 9.78. The summed E-state index contributed by atoms with van der Waals surface area (Å²) in [5, 5.41) is 16.3. The van der Waals surface area contributed by atoms with E-state index in [9.17, 15) is 5.11 Å². The minimum atomic E-state index is -0.188. The molecule has 3 rings (SSSR count). The van der Waals surface area contributed by atoms with E-state index < -0.39 is 0 Å². The van der Waals surface area contributed by atoms with E-state index in [1.54, 1.807) is 0 Å². The highest BCUT2D eigenvalue weighted by molar-refractivity contribution is 5.77. The third kappa shape index (κ3) is 3.69. The summed E-state index contributed by atoms with van der Waals surface area (Å²) in [6.07, 6.45) is 0. The molecule has 1 aromatic heterocycles. The zero-order chi connectivity index (χ0) is 19.1. The number of fused-ring (bicyclic) bond motifs is 1. The molecule has 26 heavy (non-hydrogen) atoms. The van der Waals surface area contributed by atoms with Crippen molar-refractivity contribution in [3.8, 4) is 5.75 Å². The van der Waals surface area contributed by atoms with Crippen molar-refractivity contribution in [3.05, 3.63) is 53.1 Å². The molecule has 0 saturated heterocycles. The summed E-state index contributed by atoms with van der Waals surface area (Å²) < 4.78 is 0. The SMILES string of the molecule is CC(C)(C)c1cc(CNc2nc3ccccc3[nH]2)cc(C(C)(C)C)c1[O]. The van der Waals surface area contributed by atoms with Crippen molar-refractivity contribution in [1.82, 2.24) is 9.97 Å². The number of hydrogen-bond donors (Lipinski definition) is 2. The number of rotatable bonds is 3. The fourth-order valence-corrected chi connectivity index (χ4v) is 3.13. The van der Waals surface area contributed by atoms with Crippen LogP contribution in [0.5, 0.6) is 5.75 Å². The first-order valence-corrected chi connectivity index (χ1v) is 9.09. The zero-order valence-corrected chi connectivity index (χ0v) is 16.5. The van der Waals surface area contributed by atoms with E-state index in [0.29, 0.717) is 6.54 Å². The van der Waals surface area contributed by atoms with Crippen LogP contribution in [0.3, 0.4) is 0 Å². The van der Waals surface area contributed by atoms with Gasteiger partial charge in [0, 0.05) is 17.7 Å². The van der Waals surface area contributed by atoms with Crippen molar-refractivity contribution in [2.45, 2.75) is 58.9 Å². The summed E-state index contributed by atoms with van der Waals surface area (Å²) in [6.45, 7) is 13.2. The van der Waals surface area contributed by atoms with Gasteiger partial charge >= 0.3 is 0 Å². The fourth-order valence-electron chi connectivity index (χ4n) is 3.13. The molecule has 0 spiro atoms. The van der Waals surface area contributed by atoms with Crippen LogP contribution in [0.15, 0.2) is 36.4 Å². The Kier molecular flexibility index (Phi) is 4.47. The van der Waals surface area contributed by atoms with Crippen molar-refractivity contribution in [3.63, 3.8) is 0 Å². The first-order valence-electron chi connectivity index (χ1n) is 9.09. The van der Waals surface area contributed by atoms with Gasteiger partial charge in [0.1, 0.15) is 0 Å². The summed E-state index contributed by atoms with van der Waals surface area (Å²) in [6, 6.07) is 12.0. The topological polar surface area (TPSA) is 60.6 Å². The predicted octanol–water partition coefficient (Wildman–Crippen LogP) is 5.91. The van der Waals surface area contributed by atoms with Crippen LogP contribution in [0.2, 0.25) is 0 Å². The molecular weight excluding hydrogens is 322 g/mol. The lowest BCUT2D eigenvalue weighted by molar-refractivity contribution is 0.327. The molecule has 0 fully saturated rings. The van der Waals surface area contributed by atoms with Crippen molar-refractivity contribution in [2.75, 3.05) is 5.32 Å². The van der Waals surface area contributed by atoms with Gasteiger partial charge in [0.15, 0.2) is 5.75 Å². The van der Waals surface area contributed by atoms with Crippen molar-refractivity contribution >= 4 is 17.0 Å². The number of nitrogens with one attached hydrogen (secondary N) is 2. The standard InChI is InChI=1S/C22H28N3O/c1-21(2,3)15-11-14(12-16(19(15)26)22(4,5)6)13-23-20-24-17-9-7-8-10-18(17)25-20/h7-12H,13H2,1-6H3,(H2,23,24,25). The molecule has 4 nitrogen and oxygen atoms in total. The van der Waals surface area contributed by atoms with E-state index in [4.69, 9.17) is 0 Å². The maximum Gasteiger partial charge on any atom is 0.201 e. The van der Waals surface area contributed by atoms with Gasteiger partial charge in [-0.05, 0) is 40.7 Å². The highest BCUT2D eigenvalue weighted by Gasteiger charge is 2.27. The second-order valence-electron chi connectivity index (χ2n) is 8.98. The maximum absolute atomic E-state index is 13.0. The van der Waals surface area contributed by atoms with Gasteiger partial charge in [-0.3, -0.25) is 5.11 Å². The quantitative estimate of drug-likeness (QED) is 0.616. The number of anilines is 1. The number of hydrogen-bond acceptors (Lipinski definition) is 2. The Morgan fingerprint density at radius 1 is 0.962 bits per heavy atom. The Balaban J connectivity index is 1.93. The average Bonchev–Trinajstić information content (AvgIpc) is 2.94. The molecule has 0 bridgehead atoms. The maximum atomic E-state index is 13.0. The third-order valence-corrected chi connectivity index (χ3v) is 4.61. The number of benzene rings is 2. The molecule has 3 aromatic rings. The molecule has 1 radical (unpaired) electrons. The van der Waals surface area contributed by atoms with Crippen LogP contribution in [0.1, 0.15) is 58.2 Å². The molecule has 1 heterocycles. The molecule has 0 aliphatic rings. The van der Waals surface area contributed by atoms with E-state index >= 15 is 0 Å². The van der Waals surface area contributed by atoms with Crippen molar-refractivity contribution in [1.29, 1.82) is 0 Å². The second kappa shape index (κ2) is 6.35. The number of aromatic nitrogens is 2. The molecule has 4 heteroatoms. The summed E-state index contributed by atoms with van der Waals surface area (Å²) >= 11 is 0. The van der Waals surface area contributed by atoms with Gasteiger partial charge in [-0.15, -0.1) is 0 Å². The summed E-state index contributed by atoms with van der Waals surface area (Å²) in [7, 11) is 0. The van der Waals surface area contributed by atoms with E-state index in [2.05, 4.69) is 56.8 Å². The summed E-state index contributed by atoms with van der Waals surface area (Å²) in [5.74, 6) is 0.907. The lowest BCUT2D eigenvalue weighted by Gasteiger charge is -2.27. The summed E-state index contributed by atoms with van der Waals surface area (Å²) in [4.78, 5) is 7.84. The number of H-pyrrole nitrogens is 1. The van der Waals surface area contributed by atoms with E-state index in [1.807, 2.05) is 36.4 Å². The molecule has 2 N–H and O–H groups in total. The van der Waals surface area contributed by atoms with Crippen LogP contribution >= 0.6 is 0 Å². The largest absolute Gasteiger partial charge is 0.352 e. The first-order chi connectivity index (χ1) is 12.1. The lowest BCUT2D eigenvalue weighted by Crippen LogP contribution is -2.18. The van der Waals surface area contributed by atoms with Crippen molar-refractivity contribution in [2.24, 2.45) is 0 Å². The van der Waals surface area contributed by atoms with Crippen molar-refractivity contribution < 1.29 is 5.11 Å². The number of aromatic amines is 1. The minimum absolute atomic E-state index is 0.164. The zero-order valence-electron chi connectivity index (χ0n) is 16.5. The van der Waals surface area contributed by atoms with Crippen LogP contribution in [0.4, 0.5) is 5.95 Å². The molecular formula is C22H28N3O. The van der Waals surface area contributed by atoms with Crippen LogP contribution in [0.25, 0.3) is 11.0 Å². The molecule has 137 valence electrons. The van der Waals surface area contributed by atoms with Crippen LogP contribution in [-0.2, 0) is 22.5 Å². The smallest absolute Gasteiger partial charge is 0.201 e. The normalized spacial score (nSPS) is 12.5. The number of para-hydroxylation sites is 2. The third-order valence-electron chi connectivity index (χ3n) is 4.61. The first kappa shape index (κ1) is 18.3. The molecule has 0 atom stereocenters. The molecule has 0 aliphatic heterocycles. The van der Waals surface area contributed by atoms with Gasteiger partial charge in [-0.25, -0.2) is 4.98 Å². The Hall–Kier alpha value is -2.49. The molecule has 0 amide bonds. The molecule has 2 aromatic carbocycles. The van der Waals surface area contributed by atoms with Crippen LogP contribution in [0, 0.1) is 0 Å². The molecule has 0 saturated carbocycles.